The minimum Gasteiger partial charge on any atom is -0.488 e. The largest absolute Gasteiger partial charge is 0.488 e. The van der Waals surface area contributed by atoms with Gasteiger partial charge in [0.2, 0.25) is 10.0 Å². The van der Waals surface area contributed by atoms with E-state index in [-0.39, 0.29) is 16.9 Å². The van der Waals surface area contributed by atoms with Gasteiger partial charge in [-0.15, -0.1) is 0 Å². The summed E-state index contributed by atoms with van der Waals surface area (Å²) in [5.41, 5.74) is 0. The fourth-order valence-corrected chi connectivity index (χ4v) is 4.66. The van der Waals surface area contributed by atoms with Gasteiger partial charge in [0.05, 0.1) is 11.0 Å². The molecule has 0 unspecified atom stereocenters. The molecule has 0 saturated carbocycles. The number of rotatable bonds is 10. The average Bonchev–Trinajstić information content (AvgIpc) is 2.74. The second-order valence-electron chi connectivity index (χ2n) is 8.05. The third kappa shape index (κ3) is 7.19. The van der Waals surface area contributed by atoms with Crippen LogP contribution in [-0.2, 0) is 10.0 Å². The maximum Gasteiger partial charge on any atom is 0.240 e. The van der Waals surface area contributed by atoms with Gasteiger partial charge >= 0.3 is 0 Å². The Labute approximate surface area is 184 Å². The summed E-state index contributed by atoms with van der Waals surface area (Å²) in [7, 11) is -3.61. The van der Waals surface area contributed by atoms with E-state index in [1.54, 1.807) is 0 Å². The molecule has 2 aromatic rings. The molecular weight excluding hydrogens is 419 g/mol. The first-order valence-electron chi connectivity index (χ1n) is 10.7. The molecule has 2 aromatic carbocycles. The minimum absolute atomic E-state index is 0.0873. The standard InChI is InChI=1S/C23H31FN2O4S/c1-18(2)30-23-6-4-3-5-22(23)29-16-15-26-13-11-19(12-14-26)17-25-31(27,28)21-9-7-20(24)8-10-21/h3-10,18-19,25H,11-17H2,1-2H3. The Morgan fingerprint density at radius 2 is 1.71 bits per heavy atom. The Morgan fingerprint density at radius 3 is 2.35 bits per heavy atom. The summed E-state index contributed by atoms with van der Waals surface area (Å²) >= 11 is 0. The van der Waals surface area contributed by atoms with Crippen LogP contribution in [0.1, 0.15) is 26.7 Å². The quantitative estimate of drug-likeness (QED) is 0.598. The molecule has 31 heavy (non-hydrogen) atoms. The van der Waals surface area contributed by atoms with Crippen molar-refractivity contribution in [2.24, 2.45) is 5.92 Å². The third-order valence-electron chi connectivity index (χ3n) is 5.27. The summed E-state index contributed by atoms with van der Waals surface area (Å²) < 4.78 is 52.1. The van der Waals surface area contributed by atoms with Crippen molar-refractivity contribution >= 4 is 10.0 Å². The number of para-hydroxylation sites is 2. The van der Waals surface area contributed by atoms with Crippen LogP contribution < -0.4 is 14.2 Å². The van der Waals surface area contributed by atoms with Crippen LogP contribution >= 0.6 is 0 Å². The van der Waals surface area contributed by atoms with Crippen molar-refractivity contribution in [2.75, 3.05) is 32.8 Å². The van der Waals surface area contributed by atoms with Gasteiger partial charge in [0, 0.05) is 13.1 Å². The predicted molar refractivity (Wildman–Crippen MR) is 118 cm³/mol. The molecule has 170 valence electrons. The monoisotopic (exact) mass is 450 g/mol. The molecule has 0 radical (unpaired) electrons. The van der Waals surface area contributed by atoms with Crippen molar-refractivity contribution in [2.45, 2.75) is 37.7 Å². The Morgan fingerprint density at radius 1 is 1.06 bits per heavy atom. The molecule has 3 rings (SSSR count). The predicted octanol–water partition coefficient (Wildman–Crippen LogP) is 3.68. The number of halogens is 1. The summed E-state index contributed by atoms with van der Waals surface area (Å²) in [5.74, 6) is 1.34. The van der Waals surface area contributed by atoms with Gasteiger partial charge in [0.15, 0.2) is 11.5 Å². The third-order valence-corrected chi connectivity index (χ3v) is 6.71. The molecule has 0 atom stereocenters. The number of nitrogens with one attached hydrogen (secondary N) is 1. The number of hydrogen-bond acceptors (Lipinski definition) is 5. The van der Waals surface area contributed by atoms with Gasteiger partial charge in [-0.3, -0.25) is 4.90 Å². The molecule has 0 amide bonds. The Balaban J connectivity index is 1.39. The first kappa shape index (κ1) is 23.5. The molecule has 1 aliphatic rings. The number of benzene rings is 2. The van der Waals surface area contributed by atoms with Gasteiger partial charge in [-0.25, -0.2) is 17.5 Å². The lowest BCUT2D eigenvalue weighted by Gasteiger charge is -2.31. The zero-order valence-corrected chi connectivity index (χ0v) is 18.9. The molecule has 1 fully saturated rings. The normalized spacial score (nSPS) is 15.9. The zero-order chi connectivity index (χ0) is 22.3. The first-order chi connectivity index (χ1) is 14.8. The summed E-state index contributed by atoms with van der Waals surface area (Å²) in [5, 5.41) is 0. The van der Waals surface area contributed by atoms with Gasteiger partial charge in [-0.05, 0) is 82.1 Å². The average molecular weight is 451 g/mol. The topological polar surface area (TPSA) is 67.9 Å². The zero-order valence-electron chi connectivity index (χ0n) is 18.1. The van der Waals surface area contributed by atoms with Crippen molar-refractivity contribution in [1.29, 1.82) is 0 Å². The van der Waals surface area contributed by atoms with E-state index in [0.29, 0.717) is 13.2 Å². The lowest BCUT2D eigenvalue weighted by molar-refractivity contribution is 0.151. The van der Waals surface area contributed by atoms with Crippen LogP contribution in [0.3, 0.4) is 0 Å². The van der Waals surface area contributed by atoms with Crippen LogP contribution in [0.15, 0.2) is 53.4 Å². The molecule has 1 saturated heterocycles. The smallest absolute Gasteiger partial charge is 0.240 e. The highest BCUT2D eigenvalue weighted by molar-refractivity contribution is 7.89. The van der Waals surface area contributed by atoms with E-state index in [4.69, 9.17) is 9.47 Å². The highest BCUT2D eigenvalue weighted by Gasteiger charge is 2.22. The molecule has 1 N–H and O–H groups in total. The SMILES string of the molecule is CC(C)Oc1ccccc1OCCN1CCC(CNS(=O)(=O)c2ccc(F)cc2)CC1. The van der Waals surface area contributed by atoms with Gasteiger partial charge in [-0.2, -0.15) is 0 Å². The van der Waals surface area contributed by atoms with Crippen molar-refractivity contribution < 1.29 is 22.3 Å². The molecular formula is C23H31FN2O4S. The van der Waals surface area contributed by atoms with E-state index in [0.717, 1.165) is 56.1 Å². The van der Waals surface area contributed by atoms with Gasteiger partial charge in [0.1, 0.15) is 12.4 Å². The number of nitrogens with zero attached hydrogens (tertiary/aromatic N) is 1. The van der Waals surface area contributed by atoms with Gasteiger partial charge in [0.25, 0.3) is 0 Å². The molecule has 0 bridgehead atoms. The van der Waals surface area contributed by atoms with Crippen LogP contribution in [-0.4, -0.2) is 52.2 Å². The molecule has 0 aliphatic carbocycles. The van der Waals surface area contributed by atoms with Crippen LogP contribution in [0.4, 0.5) is 4.39 Å². The van der Waals surface area contributed by atoms with Crippen molar-refractivity contribution in [1.82, 2.24) is 9.62 Å². The summed E-state index contributed by atoms with van der Waals surface area (Å²) in [6.07, 6.45) is 1.92. The van der Waals surface area contributed by atoms with Crippen LogP contribution in [0.2, 0.25) is 0 Å². The van der Waals surface area contributed by atoms with Crippen LogP contribution in [0.5, 0.6) is 11.5 Å². The molecule has 0 aromatic heterocycles. The highest BCUT2D eigenvalue weighted by Crippen LogP contribution is 2.27. The fourth-order valence-electron chi connectivity index (χ4n) is 3.54. The number of piperidine rings is 1. The van der Waals surface area contributed by atoms with Crippen LogP contribution in [0.25, 0.3) is 0 Å². The number of hydrogen-bond donors (Lipinski definition) is 1. The summed E-state index contributed by atoms with van der Waals surface area (Å²) in [4.78, 5) is 2.42. The molecule has 1 heterocycles. The van der Waals surface area contributed by atoms with Crippen LogP contribution in [0, 0.1) is 11.7 Å². The number of likely N-dealkylation sites (tertiary alicyclic amines) is 1. The maximum absolute atomic E-state index is 13.0. The van der Waals surface area contributed by atoms with Gasteiger partial charge in [-0.1, -0.05) is 12.1 Å². The lowest BCUT2D eigenvalue weighted by Crippen LogP contribution is -2.40. The second-order valence-corrected chi connectivity index (χ2v) is 9.82. The molecule has 0 spiro atoms. The van der Waals surface area contributed by atoms with E-state index in [1.165, 1.54) is 12.1 Å². The van der Waals surface area contributed by atoms with E-state index in [2.05, 4.69) is 9.62 Å². The minimum atomic E-state index is -3.61. The fraction of sp³-hybridized carbons (Fsp3) is 0.478. The van der Waals surface area contributed by atoms with E-state index in [9.17, 15) is 12.8 Å². The van der Waals surface area contributed by atoms with E-state index >= 15 is 0 Å². The summed E-state index contributed by atoms with van der Waals surface area (Å²) in [6, 6.07) is 12.6. The van der Waals surface area contributed by atoms with Gasteiger partial charge < -0.3 is 9.47 Å². The Bertz CT molecular complexity index is 927. The van der Waals surface area contributed by atoms with E-state index < -0.39 is 15.8 Å². The Hall–Kier alpha value is -2.16. The van der Waals surface area contributed by atoms with Crippen molar-refractivity contribution in [3.63, 3.8) is 0 Å². The molecule has 8 heteroatoms. The first-order valence-corrected chi connectivity index (χ1v) is 12.2. The lowest BCUT2D eigenvalue weighted by atomic mass is 9.97. The Kier molecular flexibility index (Phi) is 8.28. The highest BCUT2D eigenvalue weighted by atomic mass is 32.2. The maximum atomic E-state index is 13.0. The number of ether oxygens (including phenoxy) is 2. The van der Waals surface area contributed by atoms with Crippen molar-refractivity contribution in [3.8, 4) is 11.5 Å². The summed E-state index contributed by atoms with van der Waals surface area (Å²) in [6.45, 7) is 7.54. The molecule has 6 nitrogen and oxygen atoms in total. The second kappa shape index (κ2) is 10.9. The van der Waals surface area contributed by atoms with Crippen molar-refractivity contribution in [3.05, 3.63) is 54.3 Å². The van der Waals surface area contributed by atoms with E-state index in [1.807, 2.05) is 38.1 Å². The molecule has 1 aliphatic heterocycles. The number of sulfonamides is 1.